The normalized spacial score (nSPS) is 15.7. The molecule has 0 atom stereocenters. The van der Waals surface area contributed by atoms with E-state index < -0.39 is 0 Å². The highest BCUT2D eigenvalue weighted by atomic mass is 35.5. The van der Waals surface area contributed by atoms with E-state index in [0.29, 0.717) is 10.9 Å². The van der Waals surface area contributed by atoms with Crippen LogP contribution in [0.3, 0.4) is 0 Å². The van der Waals surface area contributed by atoms with E-state index in [0.717, 1.165) is 55.2 Å². The Bertz CT molecular complexity index is 774. The molecule has 1 fully saturated rings. The second-order valence-electron chi connectivity index (χ2n) is 7.64. The van der Waals surface area contributed by atoms with Crippen LogP contribution in [-0.2, 0) is 6.42 Å². The lowest BCUT2D eigenvalue weighted by molar-refractivity contribution is -0.883. The van der Waals surface area contributed by atoms with E-state index in [1.54, 1.807) is 0 Å². The highest BCUT2D eigenvalue weighted by Crippen LogP contribution is 2.23. The largest absolute Gasteiger partial charge is 0.334 e. The van der Waals surface area contributed by atoms with Gasteiger partial charge in [0.1, 0.15) is 0 Å². The van der Waals surface area contributed by atoms with Crippen LogP contribution in [0.25, 0.3) is 5.69 Å². The van der Waals surface area contributed by atoms with E-state index in [9.17, 15) is 4.79 Å². The summed E-state index contributed by atoms with van der Waals surface area (Å²) >= 11 is 6.02. The van der Waals surface area contributed by atoms with Gasteiger partial charge in [-0.05, 0) is 43.5 Å². The van der Waals surface area contributed by atoms with Crippen molar-refractivity contribution >= 4 is 17.5 Å². The molecule has 1 aliphatic rings. The summed E-state index contributed by atoms with van der Waals surface area (Å²) in [5.74, 6) is 0.553. The number of quaternary nitrogens is 1. The molecular formula is C20H28ClN4O+. The van der Waals surface area contributed by atoms with Gasteiger partial charge in [-0.1, -0.05) is 25.4 Å². The van der Waals surface area contributed by atoms with Crippen molar-refractivity contribution in [2.75, 3.05) is 33.2 Å². The van der Waals surface area contributed by atoms with Crippen molar-refractivity contribution in [3.8, 4) is 5.69 Å². The fourth-order valence-corrected chi connectivity index (χ4v) is 3.58. The van der Waals surface area contributed by atoms with E-state index in [4.69, 9.17) is 16.7 Å². The lowest BCUT2D eigenvalue weighted by Crippen LogP contribution is -3.12. The summed E-state index contributed by atoms with van der Waals surface area (Å²) in [5, 5.41) is 5.49. The number of nitrogens with zero attached hydrogens (tertiary/aromatic N) is 3. The van der Waals surface area contributed by atoms with Crippen molar-refractivity contribution < 1.29 is 9.69 Å². The van der Waals surface area contributed by atoms with Gasteiger partial charge in [-0.25, -0.2) is 4.68 Å². The molecule has 1 aromatic heterocycles. The molecule has 1 amide bonds. The van der Waals surface area contributed by atoms with Gasteiger partial charge in [0.05, 0.1) is 55.9 Å². The Morgan fingerprint density at radius 1 is 1.23 bits per heavy atom. The molecule has 0 saturated carbocycles. The van der Waals surface area contributed by atoms with E-state index in [1.807, 2.05) is 40.8 Å². The molecule has 0 spiro atoms. The first-order valence-electron chi connectivity index (χ1n) is 9.31. The number of aromatic nitrogens is 2. The van der Waals surface area contributed by atoms with Crippen molar-refractivity contribution in [2.45, 2.75) is 27.2 Å². The third-order valence-corrected chi connectivity index (χ3v) is 5.23. The lowest BCUT2D eigenvalue weighted by atomic mass is 10.0. The van der Waals surface area contributed by atoms with Gasteiger partial charge in [-0.3, -0.25) is 4.79 Å². The molecule has 2 aromatic rings. The molecule has 0 bridgehead atoms. The van der Waals surface area contributed by atoms with Crippen LogP contribution in [0.4, 0.5) is 0 Å². The molecule has 1 saturated heterocycles. The van der Waals surface area contributed by atoms with Crippen LogP contribution < -0.4 is 4.90 Å². The Morgan fingerprint density at radius 2 is 1.85 bits per heavy atom. The van der Waals surface area contributed by atoms with Gasteiger partial charge >= 0.3 is 0 Å². The number of amides is 1. The maximum atomic E-state index is 13.3. The minimum atomic E-state index is 0.117. The quantitative estimate of drug-likeness (QED) is 0.888. The zero-order valence-corrected chi connectivity index (χ0v) is 16.8. The molecule has 6 heteroatoms. The molecule has 26 heavy (non-hydrogen) atoms. The van der Waals surface area contributed by atoms with Gasteiger partial charge in [0, 0.05) is 5.02 Å². The number of likely N-dealkylation sites (N-methyl/N-ethyl adjacent to an activating group) is 1. The third-order valence-electron chi connectivity index (χ3n) is 4.98. The van der Waals surface area contributed by atoms with Gasteiger partial charge in [-0.2, -0.15) is 5.10 Å². The van der Waals surface area contributed by atoms with Crippen LogP contribution in [0.2, 0.25) is 5.02 Å². The minimum absolute atomic E-state index is 0.117. The number of benzene rings is 1. The number of rotatable bonds is 4. The molecule has 2 heterocycles. The molecular weight excluding hydrogens is 348 g/mol. The minimum Gasteiger partial charge on any atom is -0.334 e. The zero-order chi connectivity index (χ0) is 18.8. The van der Waals surface area contributed by atoms with Crippen molar-refractivity contribution in [3.05, 3.63) is 46.2 Å². The van der Waals surface area contributed by atoms with Gasteiger partial charge in [0.2, 0.25) is 0 Å². The van der Waals surface area contributed by atoms with Gasteiger partial charge in [0.25, 0.3) is 5.91 Å². The second kappa shape index (κ2) is 7.80. The van der Waals surface area contributed by atoms with Crippen molar-refractivity contribution in [3.63, 3.8) is 0 Å². The predicted molar refractivity (Wildman–Crippen MR) is 104 cm³/mol. The Balaban J connectivity index is 1.99. The number of hydrogen-bond acceptors (Lipinski definition) is 2. The Morgan fingerprint density at radius 3 is 2.42 bits per heavy atom. The molecule has 3 rings (SSSR count). The maximum Gasteiger partial charge on any atom is 0.258 e. The standard InChI is InChI=1S/C20H27ClN4O/c1-14(2)13-18-19(20(26)24-11-9-23(4)10-12-24)15(3)25(22-18)17-7-5-16(21)6-8-17/h5-8,14H,9-13H2,1-4H3/p+1. The molecule has 1 N–H and O–H groups in total. The van der Waals surface area contributed by atoms with E-state index in [2.05, 4.69) is 20.9 Å². The molecule has 0 radical (unpaired) electrons. The van der Waals surface area contributed by atoms with Crippen LogP contribution >= 0.6 is 11.6 Å². The number of halogens is 1. The van der Waals surface area contributed by atoms with Crippen LogP contribution in [0, 0.1) is 12.8 Å². The van der Waals surface area contributed by atoms with Gasteiger partial charge in [0.15, 0.2) is 0 Å². The maximum absolute atomic E-state index is 13.3. The topological polar surface area (TPSA) is 42.6 Å². The van der Waals surface area contributed by atoms with E-state index in [-0.39, 0.29) is 5.91 Å². The first-order valence-corrected chi connectivity index (χ1v) is 9.69. The highest BCUT2D eigenvalue weighted by Gasteiger charge is 2.29. The third kappa shape index (κ3) is 3.94. The SMILES string of the molecule is Cc1c(C(=O)N2CC[NH+](C)CC2)c(CC(C)C)nn1-c1ccc(Cl)cc1. The van der Waals surface area contributed by atoms with Crippen LogP contribution in [0.1, 0.15) is 35.6 Å². The molecule has 140 valence electrons. The number of piperazine rings is 1. The average molecular weight is 376 g/mol. The predicted octanol–water partition coefficient (Wildman–Crippen LogP) is 2.00. The smallest absolute Gasteiger partial charge is 0.258 e. The second-order valence-corrected chi connectivity index (χ2v) is 8.08. The lowest BCUT2D eigenvalue weighted by Gasteiger charge is -2.30. The van der Waals surface area contributed by atoms with E-state index in [1.165, 1.54) is 4.90 Å². The average Bonchev–Trinajstić information content (AvgIpc) is 2.91. The summed E-state index contributed by atoms with van der Waals surface area (Å²) < 4.78 is 1.88. The fourth-order valence-electron chi connectivity index (χ4n) is 3.45. The summed E-state index contributed by atoms with van der Waals surface area (Å²) in [6.07, 6.45) is 0.793. The summed E-state index contributed by atoms with van der Waals surface area (Å²) in [6, 6.07) is 7.58. The van der Waals surface area contributed by atoms with Gasteiger partial charge in [-0.15, -0.1) is 0 Å². The number of carbonyl (C=O) groups excluding carboxylic acids is 1. The molecule has 0 aliphatic carbocycles. The summed E-state index contributed by atoms with van der Waals surface area (Å²) in [4.78, 5) is 16.7. The fraction of sp³-hybridized carbons (Fsp3) is 0.500. The van der Waals surface area contributed by atoms with Crippen molar-refractivity contribution in [1.29, 1.82) is 0 Å². The van der Waals surface area contributed by atoms with Crippen molar-refractivity contribution in [2.24, 2.45) is 5.92 Å². The van der Waals surface area contributed by atoms with Crippen molar-refractivity contribution in [1.82, 2.24) is 14.7 Å². The van der Waals surface area contributed by atoms with Crippen LogP contribution in [-0.4, -0.2) is 53.8 Å². The zero-order valence-electron chi connectivity index (χ0n) is 16.1. The Labute approximate surface area is 160 Å². The molecule has 5 nitrogen and oxygen atoms in total. The number of carbonyl (C=O) groups is 1. The molecule has 0 unspecified atom stereocenters. The number of hydrogen-bond donors (Lipinski definition) is 1. The molecule has 1 aromatic carbocycles. The first-order chi connectivity index (χ1) is 12.4. The summed E-state index contributed by atoms with van der Waals surface area (Å²) in [7, 11) is 2.18. The Kier molecular flexibility index (Phi) is 5.68. The Hall–Kier alpha value is -1.85. The van der Waals surface area contributed by atoms with E-state index >= 15 is 0 Å². The summed E-state index contributed by atoms with van der Waals surface area (Å²) in [6.45, 7) is 9.90. The van der Waals surface area contributed by atoms with Crippen LogP contribution in [0.5, 0.6) is 0 Å². The highest BCUT2D eigenvalue weighted by molar-refractivity contribution is 6.30. The van der Waals surface area contributed by atoms with Gasteiger partial charge < -0.3 is 9.80 Å². The number of nitrogens with one attached hydrogen (secondary N) is 1. The first kappa shape index (κ1) is 18.9. The molecule has 1 aliphatic heterocycles. The van der Waals surface area contributed by atoms with Crippen LogP contribution in [0.15, 0.2) is 24.3 Å². The monoisotopic (exact) mass is 375 g/mol. The summed E-state index contributed by atoms with van der Waals surface area (Å²) in [5.41, 5.74) is 3.50.